The van der Waals surface area contributed by atoms with Crippen LogP contribution in [0.15, 0.2) is 41.6 Å². The van der Waals surface area contributed by atoms with Gasteiger partial charge < -0.3 is 4.74 Å². The lowest BCUT2D eigenvalue weighted by atomic mass is 10.1. The van der Waals surface area contributed by atoms with Gasteiger partial charge in [0, 0.05) is 20.2 Å². The molecule has 1 aromatic carbocycles. The first-order valence-electron chi connectivity index (χ1n) is 7.65. The van der Waals surface area contributed by atoms with E-state index in [0.717, 1.165) is 24.1 Å². The lowest BCUT2D eigenvalue weighted by Gasteiger charge is -2.29. The number of hydrogen-bond acceptors (Lipinski definition) is 4. The topological polar surface area (TPSA) is 64.4 Å². The van der Waals surface area contributed by atoms with Gasteiger partial charge in [0.25, 0.3) is 0 Å². The number of nitrogens with zero attached hydrogens (tertiary/aromatic N) is 3. The van der Waals surface area contributed by atoms with Crippen molar-refractivity contribution in [2.75, 3.05) is 20.2 Å². The molecule has 0 amide bonds. The summed E-state index contributed by atoms with van der Waals surface area (Å²) in [7, 11) is -1.83. The Hall–Kier alpha value is -1.70. The van der Waals surface area contributed by atoms with Gasteiger partial charge in [-0.3, -0.25) is 0 Å². The molecule has 1 fully saturated rings. The molecule has 6 nitrogen and oxygen atoms in total. The van der Waals surface area contributed by atoms with Crippen molar-refractivity contribution in [1.82, 2.24) is 14.1 Å². The fourth-order valence-corrected chi connectivity index (χ4v) is 4.14. The highest BCUT2D eigenvalue weighted by atomic mass is 32.2. The van der Waals surface area contributed by atoms with E-state index < -0.39 is 10.0 Å². The van der Waals surface area contributed by atoms with Crippen molar-refractivity contribution in [3.05, 3.63) is 42.2 Å². The Morgan fingerprint density at radius 1 is 1.17 bits per heavy atom. The van der Waals surface area contributed by atoms with E-state index in [-0.39, 0.29) is 11.0 Å². The van der Waals surface area contributed by atoms with Crippen LogP contribution in [0.25, 0.3) is 5.69 Å². The number of ether oxygens (including phenoxy) is 1. The number of rotatable bonds is 4. The number of piperidine rings is 1. The van der Waals surface area contributed by atoms with Crippen molar-refractivity contribution in [3.8, 4) is 5.69 Å². The first-order valence-corrected chi connectivity index (χ1v) is 9.09. The zero-order valence-electron chi connectivity index (χ0n) is 13.3. The van der Waals surface area contributed by atoms with Crippen molar-refractivity contribution in [2.24, 2.45) is 0 Å². The average Bonchev–Trinajstić information content (AvgIpc) is 3.06. The Kier molecular flexibility index (Phi) is 4.52. The first-order chi connectivity index (χ1) is 11.0. The molecule has 0 N–H and O–H groups in total. The Bertz CT molecular complexity index is 760. The van der Waals surface area contributed by atoms with E-state index in [4.69, 9.17) is 4.74 Å². The molecule has 0 saturated carbocycles. The zero-order chi connectivity index (χ0) is 16.4. The van der Waals surface area contributed by atoms with Crippen LogP contribution in [0.5, 0.6) is 0 Å². The van der Waals surface area contributed by atoms with E-state index in [0.29, 0.717) is 13.1 Å². The summed E-state index contributed by atoms with van der Waals surface area (Å²) in [6, 6.07) is 7.78. The second kappa shape index (κ2) is 6.43. The molecule has 0 bridgehead atoms. The molecule has 0 spiro atoms. The second-order valence-electron chi connectivity index (χ2n) is 5.80. The van der Waals surface area contributed by atoms with Crippen LogP contribution < -0.4 is 0 Å². The highest BCUT2D eigenvalue weighted by Gasteiger charge is 2.30. The second-order valence-corrected chi connectivity index (χ2v) is 7.73. The van der Waals surface area contributed by atoms with Crippen LogP contribution in [-0.4, -0.2) is 48.8 Å². The molecule has 1 aliphatic heterocycles. The minimum Gasteiger partial charge on any atom is -0.381 e. The Labute approximate surface area is 136 Å². The van der Waals surface area contributed by atoms with Crippen molar-refractivity contribution in [1.29, 1.82) is 0 Å². The number of hydrogen-bond donors (Lipinski definition) is 0. The molecular formula is C16H21N3O3S. The summed E-state index contributed by atoms with van der Waals surface area (Å²) in [5.41, 5.74) is 1.99. The van der Waals surface area contributed by atoms with Crippen LogP contribution in [0.2, 0.25) is 0 Å². The van der Waals surface area contributed by atoms with Gasteiger partial charge in [-0.05, 0) is 31.9 Å². The van der Waals surface area contributed by atoms with Gasteiger partial charge in [-0.1, -0.05) is 17.7 Å². The van der Waals surface area contributed by atoms with Gasteiger partial charge in [-0.15, -0.1) is 0 Å². The summed E-state index contributed by atoms with van der Waals surface area (Å²) in [6.45, 7) is 2.97. The maximum absolute atomic E-state index is 12.7. The molecule has 1 saturated heterocycles. The van der Waals surface area contributed by atoms with Crippen LogP contribution >= 0.6 is 0 Å². The molecule has 0 unspecified atom stereocenters. The van der Waals surface area contributed by atoms with Gasteiger partial charge in [0.2, 0.25) is 10.0 Å². The average molecular weight is 335 g/mol. The number of aromatic nitrogens is 2. The molecule has 23 heavy (non-hydrogen) atoms. The summed E-state index contributed by atoms with van der Waals surface area (Å²) < 4.78 is 33.8. The summed E-state index contributed by atoms with van der Waals surface area (Å²) in [6.07, 6.45) is 4.58. The summed E-state index contributed by atoms with van der Waals surface area (Å²) >= 11 is 0. The van der Waals surface area contributed by atoms with Gasteiger partial charge in [0.15, 0.2) is 0 Å². The minimum atomic E-state index is -3.49. The fourth-order valence-electron chi connectivity index (χ4n) is 2.74. The molecule has 1 aliphatic rings. The molecule has 3 rings (SSSR count). The highest BCUT2D eigenvalue weighted by molar-refractivity contribution is 7.89. The third-order valence-corrected chi connectivity index (χ3v) is 6.08. The van der Waals surface area contributed by atoms with Crippen molar-refractivity contribution >= 4 is 10.0 Å². The quantitative estimate of drug-likeness (QED) is 0.857. The van der Waals surface area contributed by atoms with Gasteiger partial charge in [-0.2, -0.15) is 9.40 Å². The molecule has 7 heteroatoms. The predicted octanol–water partition coefficient (Wildman–Crippen LogP) is 1.98. The molecule has 0 radical (unpaired) electrons. The standard InChI is InChI=1S/C16H21N3O3S/c1-13-3-5-14(6-4-13)19-12-16(11-17-19)23(20,21)18-9-7-15(22-2)8-10-18/h3-6,11-12,15H,7-10H2,1-2H3. The van der Waals surface area contributed by atoms with E-state index in [1.807, 2.05) is 31.2 Å². The van der Waals surface area contributed by atoms with Crippen molar-refractivity contribution in [3.63, 3.8) is 0 Å². The third kappa shape index (κ3) is 3.31. The van der Waals surface area contributed by atoms with E-state index in [1.54, 1.807) is 18.0 Å². The Morgan fingerprint density at radius 3 is 2.43 bits per heavy atom. The van der Waals surface area contributed by atoms with Gasteiger partial charge in [0.1, 0.15) is 4.90 Å². The number of sulfonamides is 1. The largest absolute Gasteiger partial charge is 0.381 e. The van der Waals surface area contributed by atoms with Crippen LogP contribution in [0.3, 0.4) is 0 Å². The van der Waals surface area contributed by atoms with E-state index in [1.165, 1.54) is 10.5 Å². The van der Waals surface area contributed by atoms with Crippen molar-refractivity contribution < 1.29 is 13.2 Å². The van der Waals surface area contributed by atoms with E-state index in [9.17, 15) is 8.42 Å². The predicted molar refractivity (Wildman–Crippen MR) is 87.1 cm³/mol. The monoisotopic (exact) mass is 335 g/mol. The van der Waals surface area contributed by atoms with Gasteiger partial charge in [-0.25, -0.2) is 13.1 Å². The Morgan fingerprint density at radius 2 is 1.83 bits per heavy atom. The lowest BCUT2D eigenvalue weighted by Crippen LogP contribution is -2.40. The number of aryl methyl sites for hydroxylation is 1. The molecule has 0 atom stereocenters. The van der Waals surface area contributed by atoms with Crippen LogP contribution in [0, 0.1) is 6.92 Å². The Balaban J connectivity index is 1.80. The highest BCUT2D eigenvalue weighted by Crippen LogP contribution is 2.22. The van der Waals surface area contributed by atoms with Gasteiger partial charge in [0.05, 0.1) is 24.2 Å². The molecular weight excluding hydrogens is 314 g/mol. The summed E-state index contributed by atoms with van der Waals surface area (Å²) in [4.78, 5) is 0.231. The zero-order valence-corrected chi connectivity index (χ0v) is 14.2. The van der Waals surface area contributed by atoms with E-state index >= 15 is 0 Å². The number of benzene rings is 1. The number of methoxy groups -OCH3 is 1. The van der Waals surface area contributed by atoms with Crippen LogP contribution in [0.1, 0.15) is 18.4 Å². The van der Waals surface area contributed by atoms with Crippen LogP contribution in [-0.2, 0) is 14.8 Å². The van der Waals surface area contributed by atoms with Crippen molar-refractivity contribution in [2.45, 2.75) is 30.8 Å². The van der Waals surface area contributed by atoms with E-state index in [2.05, 4.69) is 5.10 Å². The maximum Gasteiger partial charge on any atom is 0.246 e. The summed E-state index contributed by atoms with van der Waals surface area (Å²) in [5, 5.41) is 4.19. The summed E-state index contributed by atoms with van der Waals surface area (Å²) in [5.74, 6) is 0. The first kappa shape index (κ1) is 16.2. The maximum atomic E-state index is 12.7. The molecule has 124 valence electrons. The minimum absolute atomic E-state index is 0.150. The third-order valence-electron chi connectivity index (χ3n) is 4.23. The lowest BCUT2D eigenvalue weighted by molar-refractivity contribution is 0.0604. The normalized spacial score (nSPS) is 17.5. The molecule has 1 aromatic heterocycles. The molecule has 2 aromatic rings. The molecule has 2 heterocycles. The smallest absolute Gasteiger partial charge is 0.246 e. The fraction of sp³-hybridized carbons (Fsp3) is 0.438. The van der Waals surface area contributed by atoms with Crippen LogP contribution in [0.4, 0.5) is 0 Å². The van der Waals surface area contributed by atoms with Gasteiger partial charge >= 0.3 is 0 Å². The molecule has 0 aliphatic carbocycles. The SMILES string of the molecule is COC1CCN(S(=O)(=O)c2cnn(-c3ccc(C)cc3)c2)CC1.